The molecule has 1 aromatic carbocycles. The van der Waals surface area contributed by atoms with Gasteiger partial charge in [-0.2, -0.15) is 0 Å². The third kappa shape index (κ3) is 8.45. The van der Waals surface area contributed by atoms with Gasteiger partial charge in [-0.1, -0.05) is 57.4 Å². The summed E-state index contributed by atoms with van der Waals surface area (Å²) in [4.78, 5) is 40.4. The van der Waals surface area contributed by atoms with Gasteiger partial charge in [-0.25, -0.2) is 4.79 Å². The standard InChI is InChI=1S/C26H39N3O4/c1-10-12-15-27-23(30)22(20-16-18(5)13-14-19(20)6)29(11-2)24(31)21(17(3)4)28-25(32)33-26(7,8)9/h2,13-14,16-17,21-22H,10,12,15H2,1,3-9H3,(H,27,30)(H,28,32). The minimum atomic E-state index is -1.03. The van der Waals surface area contributed by atoms with Gasteiger partial charge in [0.05, 0.1) is 0 Å². The lowest BCUT2D eigenvalue weighted by molar-refractivity contribution is -0.139. The largest absolute Gasteiger partial charge is 0.444 e. The molecule has 7 heteroatoms. The minimum Gasteiger partial charge on any atom is -0.444 e. The Labute approximate surface area is 198 Å². The maximum atomic E-state index is 13.6. The molecule has 1 aromatic rings. The van der Waals surface area contributed by atoms with E-state index in [2.05, 4.69) is 16.7 Å². The number of amides is 3. The first-order chi connectivity index (χ1) is 15.3. The molecule has 33 heavy (non-hydrogen) atoms. The van der Waals surface area contributed by atoms with Crippen molar-refractivity contribution in [1.29, 1.82) is 0 Å². The Morgan fingerprint density at radius 3 is 2.33 bits per heavy atom. The number of ether oxygens (including phenoxy) is 1. The van der Waals surface area contributed by atoms with Gasteiger partial charge in [0.15, 0.2) is 0 Å². The van der Waals surface area contributed by atoms with Crippen LogP contribution in [0.2, 0.25) is 0 Å². The number of hydrogen-bond acceptors (Lipinski definition) is 4. The van der Waals surface area contributed by atoms with Gasteiger partial charge in [-0.15, -0.1) is 0 Å². The molecule has 2 unspecified atom stereocenters. The van der Waals surface area contributed by atoms with E-state index in [9.17, 15) is 14.4 Å². The molecule has 0 aromatic heterocycles. The van der Waals surface area contributed by atoms with Gasteiger partial charge in [0.1, 0.15) is 17.7 Å². The number of nitrogens with one attached hydrogen (secondary N) is 2. The monoisotopic (exact) mass is 457 g/mol. The highest BCUT2D eigenvalue weighted by Gasteiger charge is 2.37. The molecule has 0 bridgehead atoms. The second kappa shape index (κ2) is 12.3. The second-order valence-electron chi connectivity index (χ2n) is 9.61. The Hall–Kier alpha value is -3.01. The molecule has 0 aliphatic heterocycles. The first kappa shape index (κ1) is 28.0. The number of terminal acetylenes is 1. The number of unbranched alkanes of at least 4 members (excludes halogenated alkanes) is 1. The molecule has 0 heterocycles. The Morgan fingerprint density at radius 1 is 1.18 bits per heavy atom. The zero-order valence-corrected chi connectivity index (χ0v) is 21.2. The molecule has 0 saturated heterocycles. The first-order valence-electron chi connectivity index (χ1n) is 11.5. The number of nitrogens with zero attached hydrogens (tertiary/aromatic N) is 1. The fourth-order valence-corrected chi connectivity index (χ4v) is 3.30. The number of rotatable bonds is 9. The lowest BCUT2D eigenvalue weighted by atomic mass is 9.95. The zero-order valence-electron chi connectivity index (χ0n) is 21.2. The van der Waals surface area contributed by atoms with Crippen LogP contribution in [-0.4, -0.2) is 41.0 Å². The number of hydrogen-bond donors (Lipinski definition) is 2. The lowest BCUT2D eigenvalue weighted by Gasteiger charge is -2.32. The SMILES string of the molecule is C#CN(C(=O)C(NC(=O)OC(C)(C)C)C(C)C)C(C(=O)NCCCC)c1cc(C)ccc1C. The molecule has 2 atom stereocenters. The van der Waals surface area contributed by atoms with Crippen LogP contribution < -0.4 is 10.6 Å². The quantitative estimate of drug-likeness (QED) is 0.330. The first-order valence-corrected chi connectivity index (χ1v) is 11.5. The van der Waals surface area contributed by atoms with Crippen LogP contribution in [0, 0.1) is 32.2 Å². The minimum absolute atomic E-state index is 0.289. The molecule has 0 aliphatic carbocycles. The van der Waals surface area contributed by atoms with Gasteiger partial charge in [-0.3, -0.25) is 14.5 Å². The van der Waals surface area contributed by atoms with Crippen LogP contribution in [0.25, 0.3) is 0 Å². The van der Waals surface area contributed by atoms with Crippen LogP contribution in [-0.2, 0) is 14.3 Å². The number of carbonyl (C=O) groups is 3. The predicted molar refractivity (Wildman–Crippen MR) is 130 cm³/mol. The Balaban J connectivity index is 3.38. The van der Waals surface area contributed by atoms with Crippen LogP contribution in [0.4, 0.5) is 4.79 Å². The fourth-order valence-electron chi connectivity index (χ4n) is 3.30. The molecule has 3 amide bonds. The summed E-state index contributed by atoms with van der Waals surface area (Å²) in [6.07, 6.45) is 6.80. The van der Waals surface area contributed by atoms with Crippen molar-refractivity contribution in [3.63, 3.8) is 0 Å². The average molecular weight is 458 g/mol. The smallest absolute Gasteiger partial charge is 0.408 e. The van der Waals surface area contributed by atoms with Gasteiger partial charge in [0.25, 0.3) is 5.91 Å². The summed E-state index contributed by atoms with van der Waals surface area (Å²) in [5, 5.41) is 5.53. The van der Waals surface area contributed by atoms with E-state index in [0.29, 0.717) is 12.1 Å². The van der Waals surface area contributed by atoms with Crippen LogP contribution in [0.15, 0.2) is 18.2 Å². The molecule has 0 aliphatic rings. The molecule has 2 N–H and O–H groups in total. The Morgan fingerprint density at radius 2 is 1.82 bits per heavy atom. The van der Waals surface area contributed by atoms with E-state index >= 15 is 0 Å². The highest BCUT2D eigenvalue weighted by Crippen LogP contribution is 2.27. The van der Waals surface area contributed by atoms with Crippen molar-refractivity contribution in [2.75, 3.05) is 6.54 Å². The molecular formula is C26H39N3O4. The topological polar surface area (TPSA) is 87.7 Å². The fraction of sp³-hybridized carbons (Fsp3) is 0.577. The molecule has 182 valence electrons. The van der Waals surface area contributed by atoms with Crippen LogP contribution in [0.5, 0.6) is 0 Å². The molecular weight excluding hydrogens is 418 g/mol. The summed E-state index contributed by atoms with van der Waals surface area (Å²) >= 11 is 0. The predicted octanol–water partition coefficient (Wildman–Crippen LogP) is 4.23. The van der Waals surface area contributed by atoms with E-state index in [1.165, 1.54) is 0 Å². The Kier molecular flexibility index (Phi) is 10.4. The van der Waals surface area contributed by atoms with Crippen molar-refractivity contribution in [3.8, 4) is 12.5 Å². The number of benzene rings is 1. The van der Waals surface area contributed by atoms with Gasteiger partial charge >= 0.3 is 6.09 Å². The van der Waals surface area contributed by atoms with E-state index in [0.717, 1.165) is 28.9 Å². The summed E-state index contributed by atoms with van der Waals surface area (Å²) in [6.45, 7) is 15.1. The summed E-state index contributed by atoms with van der Waals surface area (Å²) in [7, 11) is 0. The van der Waals surface area contributed by atoms with Gasteiger partial charge in [0.2, 0.25) is 5.91 Å². The summed E-state index contributed by atoms with van der Waals surface area (Å²) < 4.78 is 5.32. The Bertz CT molecular complexity index is 881. The number of aryl methyl sites for hydroxylation is 2. The van der Waals surface area contributed by atoms with Crippen molar-refractivity contribution < 1.29 is 19.1 Å². The van der Waals surface area contributed by atoms with Crippen molar-refractivity contribution in [2.24, 2.45) is 5.92 Å². The summed E-state index contributed by atoms with van der Waals surface area (Å²) in [6, 6.07) is 6.11. The molecule has 1 rings (SSSR count). The van der Waals surface area contributed by atoms with Crippen molar-refractivity contribution in [2.45, 2.75) is 85.9 Å². The van der Waals surface area contributed by atoms with Crippen molar-refractivity contribution >= 4 is 17.9 Å². The van der Waals surface area contributed by atoms with E-state index in [1.807, 2.05) is 39.0 Å². The van der Waals surface area contributed by atoms with Crippen LogP contribution >= 0.6 is 0 Å². The van der Waals surface area contributed by atoms with E-state index in [1.54, 1.807) is 34.6 Å². The highest BCUT2D eigenvalue weighted by atomic mass is 16.6. The molecule has 0 spiro atoms. The van der Waals surface area contributed by atoms with E-state index in [-0.39, 0.29) is 11.8 Å². The maximum Gasteiger partial charge on any atom is 0.408 e. The molecule has 0 saturated carbocycles. The van der Waals surface area contributed by atoms with Crippen molar-refractivity contribution in [1.82, 2.24) is 15.5 Å². The van der Waals surface area contributed by atoms with Gasteiger partial charge < -0.3 is 15.4 Å². The molecule has 7 nitrogen and oxygen atoms in total. The number of alkyl carbamates (subject to hydrolysis) is 1. The van der Waals surface area contributed by atoms with Gasteiger partial charge in [-0.05, 0) is 58.1 Å². The van der Waals surface area contributed by atoms with Crippen molar-refractivity contribution in [3.05, 3.63) is 34.9 Å². The van der Waals surface area contributed by atoms with Crippen LogP contribution in [0.1, 0.15) is 77.1 Å². The van der Waals surface area contributed by atoms with E-state index < -0.39 is 29.7 Å². The van der Waals surface area contributed by atoms with Crippen LogP contribution in [0.3, 0.4) is 0 Å². The normalized spacial score (nSPS) is 13.0. The second-order valence-corrected chi connectivity index (χ2v) is 9.61. The summed E-state index contributed by atoms with van der Waals surface area (Å²) in [5.74, 6) is -1.19. The average Bonchev–Trinajstić information content (AvgIpc) is 2.70. The maximum absolute atomic E-state index is 13.6. The molecule has 0 radical (unpaired) electrons. The molecule has 0 fully saturated rings. The zero-order chi connectivity index (χ0) is 25.3. The number of carbonyl (C=O) groups excluding carboxylic acids is 3. The van der Waals surface area contributed by atoms with E-state index in [4.69, 9.17) is 11.2 Å². The summed E-state index contributed by atoms with van der Waals surface area (Å²) in [5.41, 5.74) is 1.71. The van der Waals surface area contributed by atoms with Gasteiger partial charge in [0, 0.05) is 12.6 Å². The lowest BCUT2D eigenvalue weighted by Crippen LogP contribution is -2.53. The highest BCUT2D eigenvalue weighted by molar-refractivity contribution is 5.93. The third-order valence-corrected chi connectivity index (χ3v) is 5.05. The third-order valence-electron chi connectivity index (χ3n) is 5.05.